The van der Waals surface area contributed by atoms with E-state index < -0.39 is 0 Å². The summed E-state index contributed by atoms with van der Waals surface area (Å²) in [5, 5.41) is 0.810. The Hall–Kier alpha value is -1.62. The summed E-state index contributed by atoms with van der Waals surface area (Å²) in [6.45, 7) is 9.24. The van der Waals surface area contributed by atoms with Gasteiger partial charge in [-0.25, -0.2) is 4.98 Å². The summed E-state index contributed by atoms with van der Waals surface area (Å²) in [4.78, 5) is 20.7. The molecule has 0 aliphatic carbocycles. The number of rotatable bonds is 3. The van der Waals surface area contributed by atoms with Crippen molar-refractivity contribution in [3.8, 4) is 0 Å². The minimum absolute atomic E-state index is 0.0473. The molecule has 0 aromatic carbocycles. The van der Waals surface area contributed by atoms with Crippen molar-refractivity contribution in [1.29, 1.82) is 0 Å². The average Bonchev–Trinajstić information content (AvgIpc) is 2.66. The van der Waals surface area contributed by atoms with Crippen molar-refractivity contribution in [2.75, 3.05) is 18.8 Å². The van der Waals surface area contributed by atoms with Crippen molar-refractivity contribution in [3.63, 3.8) is 0 Å². The summed E-state index contributed by atoms with van der Waals surface area (Å²) in [5.41, 5.74) is 8.33. The topological polar surface area (TPSA) is 59.2 Å². The number of carbonyl (C=O) groups excluding carboxylic acids is 1. The summed E-state index contributed by atoms with van der Waals surface area (Å²) in [7, 11) is 0. The lowest BCUT2D eigenvalue weighted by Crippen LogP contribution is -2.30. The van der Waals surface area contributed by atoms with E-state index in [0.29, 0.717) is 24.3 Å². The van der Waals surface area contributed by atoms with Gasteiger partial charge in [-0.2, -0.15) is 0 Å². The molecular formula is C14H19N3OS. The highest BCUT2D eigenvalue weighted by molar-refractivity contribution is 7.19. The second kappa shape index (κ2) is 5.17. The molecule has 0 unspecified atom stereocenters. The van der Waals surface area contributed by atoms with Crippen LogP contribution >= 0.6 is 11.3 Å². The van der Waals surface area contributed by atoms with E-state index in [4.69, 9.17) is 5.73 Å². The van der Waals surface area contributed by atoms with Crippen LogP contribution in [0, 0.1) is 13.8 Å². The number of hydrogen-bond donors (Lipinski definition) is 1. The van der Waals surface area contributed by atoms with Crippen molar-refractivity contribution in [2.45, 2.75) is 27.7 Å². The third kappa shape index (κ3) is 2.30. The van der Waals surface area contributed by atoms with Crippen molar-refractivity contribution in [2.24, 2.45) is 0 Å². The number of carbonyl (C=O) groups is 1. The number of aromatic nitrogens is 1. The Balaban J connectivity index is 2.66. The van der Waals surface area contributed by atoms with E-state index in [2.05, 4.69) is 4.98 Å². The monoisotopic (exact) mass is 277 g/mol. The third-order valence-corrected chi connectivity index (χ3v) is 4.26. The van der Waals surface area contributed by atoms with Crippen molar-refractivity contribution >= 4 is 33.1 Å². The normalized spacial score (nSPS) is 10.9. The molecule has 0 bridgehead atoms. The van der Waals surface area contributed by atoms with Crippen LogP contribution in [0.2, 0.25) is 0 Å². The van der Waals surface area contributed by atoms with E-state index >= 15 is 0 Å². The Morgan fingerprint density at radius 2 is 2.00 bits per heavy atom. The second-order valence-corrected chi connectivity index (χ2v) is 5.75. The number of nitrogens with two attached hydrogens (primary N) is 1. The largest absolute Gasteiger partial charge is 0.398 e. The van der Waals surface area contributed by atoms with Crippen LogP contribution in [0.1, 0.15) is 34.8 Å². The first-order chi connectivity index (χ1) is 8.99. The highest BCUT2D eigenvalue weighted by atomic mass is 32.1. The van der Waals surface area contributed by atoms with Gasteiger partial charge >= 0.3 is 0 Å². The van der Waals surface area contributed by atoms with Gasteiger partial charge in [0.15, 0.2) is 0 Å². The number of nitrogens with zero attached hydrogens (tertiary/aromatic N) is 2. The molecule has 0 aliphatic rings. The maximum atomic E-state index is 12.6. The van der Waals surface area contributed by atoms with Gasteiger partial charge in [0.1, 0.15) is 4.83 Å². The van der Waals surface area contributed by atoms with E-state index in [9.17, 15) is 4.79 Å². The molecule has 0 fully saturated rings. The van der Waals surface area contributed by atoms with Crippen molar-refractivity contribution in [1.82, 2.24) is 9.88 Å². The maximum Gasteiger partial charge on any atom is 0.255 e. The first-order valence-corrected chi connectivity index (χ1v) is 7.26. The van der Waals surface area contributed by atoms with Gasteiger partial charge in [0.05, 0.1) is 5.56 Å². The standard InChI is InChI=1S/C14H19N3OS/c1-5-17(6-2)14(18)11-9(4)19-13-12(11)10(15)7-8(3)16-13/h7H,5-6H2,1-4H3,(H2,15,16). The van der Waals surface area contributed by atoms with Crippen LogP contribution in [0.4, 0.5) is 5.69 Å². The summed E-state index contributed by atoms with van der Waals surface area (Å²) in [5.74, 6) is 0.0473. The SMILES string of the molecule is CCN(CC)C(=O)c1c(C)sc2nc(C)cc(N)c12. The predicted octanol–water partition coefficient (Wildman–Crippen LogP) is 2.98. The molecule has 0 saturated heterocycles. The summed E-state index contributed by atoms with van der Waals surface area (Å²) >= 11 is 1.54. The Labute approximate surface area is 117 Å². The van der Waals surface area contributed by atoms with Crippen LogP contribution in [0.15, 0.2) is 6.07 Å². The molecule has 0 aliphatic heterocycles. The number of anilines is 1. The molecule has 5 heteroatoms. The van der Waals surface area contributed by atoms with E-state index in [1.165, 1.54) is 11.3 Å². The quantitative estimate of drug-likeness (QED) is 0.938. The number of amides is 1. The van der Waals surface area contributed by atoms with Gasteiger partial charge in [-0.3, -0.25) is 4.79 Å². The molecular weight excluding hydrogens is 258 g/mol. The molecule has 2 rings (SSSR count). The number of thiophene rings is 1. The molecule has 4 nitrogen and oxygen atoms in total. The zero-order valence-corrected chi connectivity index (χ0v) is 12.6. The minimum atomic E-state index is 0.0473. The lowest BCUT2D eigenvalue weighted by Gasteiger charge is -2.19. The highest BCUT2D eigenvalue weighted by Gasteiger charge is 2.22. The first-order valence-electron chi connectivity index (χ1n) is 6.45. The number of nitrogen functional groups attached to an aromatic ring is 1. The summed E-state index contributed by atoms with van der Waals surface area (Å²) < 4.78 is 0. The molecule has 0 atom stereocenters. The highest BCUT2D eigenvalue weighted by Crippen LogP contribution is 2.34. The molecule has 2 N–H and O–H groups in total. The first kappa shape index (κ1) is 13.8. The van der Waals surface area contributed by atoms with Gasteiger partial charge in [0.25, 0.3) is 5.91 Å². The van der Waals surface area contributed by atoms with E-state index in [0.717, 1.165) is 20.8 Å². The summed E-state index contributed by atoms with van der Waals surface area (Å²) in [6.07, 6.45) is 0. The van der Waals surface area contributed by atoms with Crippen LogP contribution in [-0.2, 0) is 0 Å². The lowest BCUT2D eigenvalue weighted by atomic mass is 10.1. The molecule has 1 amide bonds. The lowest BCUT2D eigenvalue weighted by molar-refractivity contribution is 0.0775. The fourth-order valence-corrected chi connectivity index (χ4v) is 3.39. The Morgan fingerprint density at radius 3 is 2.58 bits per heavy atom. The van der Waals surface area contributed by atoms with Gasteiger partial charge < -0.3 is 10.6 Å². The van der Waals surface area contributed by atoms with Gasteiger partial charge in [0.2, 0.25) is 0 Å². The summed E-state index contributed by atoms with van der Waals surface area (Å²) in [6, 6.07) is 1.83. The van der Waals surface area contributed by atoms with Crippen LogP contribution in [-0.4, -0.2) is 28.9 Å². The van der Waals surface area contributed by atoms with Gasteiger partial charge in [-0.1, -0.05) is 0 Å². The fraction of sp³-hybridized carbons (Fsp3) is 0.429. The smallest absolute Gasteiger partial charge is 0.255 e. The van der Waals surface area contributed by atoms with Crippen LogP contribution < -0.4 is 5.73 Å². The molecule has 2 heterocycles. The van der Waals surface area contributed by atoms with Crippen LogP contribution in [0.5, 0.6) is 0 Å². The molecule has 2 aromatic rings. The minimum Gasteiger partial charge on any atom is -0.398 e. The Kier molecular flexibility index (Phi) is 3.75. The van der Waals surface area contributed by atoms with Gasteiger partial charge in [-0.05, 0) is 33.8 Å². The average molecular weight is 277 g/mol. The number of fused-ring (bicyclic) bond motifs is 1. The zero-order chi connectivity index (χ0) is 14.2. The van der Waals surface area contributed by atoms with Crippen LogP contribution in [0.25, 0.3) is 10.2 Å². The zero-order valence-electron chi connectivity index (χ0n) is 11.8. The van der Waals surface area contributed by atoms with E-state index in [1.807, 2.05) is 38.7 Å². The van der Waals surface area contributed by atoms with Crippen LogP contribution in [0.3, 0.4) is 0 Å². The number of aryl methyl sites for hydroxylation is 2. The predicted molar refractivity (Wildman–Crippen MR) is 80.8 cm³/mol. The van der Waals surface area contributed by atoms with E-state index in [-0.39, 0.29) is 5.91 Å². The van der Waals surface area contributed by atoms with Gasteiger partial charge in [0, 0.05) is 34.7 Å². The van der Waals surface area contributed by atoms with Crippen molar-refractivity contribution < 1.29 is 4.79 Å². The van der Waals surface area contributed by atoms with Crippen molar-refractivity contribution in [3.05, 3.63) is 22.2 Å². The molecule has 2 aromatic heterocycles. The third-order valence-electron chi connectivity index (χ3n) is 3.26. The molecule has 0 spiro atoms. The molecule has 0 saturated carbocycles. The number of hydrogen-bond acceptors (Lipinski definition) is 4. The molecule has 102 valence electrons. The Bertz CT molecular complexity index is 629. The fourth-order valence-electron chi connectivity index (χ4n) is 2.29. The second-order valence-electron chi connectivity index (χ2n) is 4.54. The Morgan fingerprint density at radius 1 is 1.37 bits per heavy atom. The maximum absolute atomic E-state index is 12.6. The molecule has 0 radical (unpaired) electrons. The number of pyridine rings is 1. The molecule has 19 heavy (non-hydrogen) atoms. The van der Waals surface area contributed by atoms with E-state index in [1.54, 1.807) is 0 Å². The van der Waals surface area contributed by atoms with Gasteiger partial charge in [-0.15, -0.1) is 11.3 Å².